The van der Waals surface area contributed by atoms with Gasteiger partial charge in [0, 0.05) is 67.5 Å². The van der Waals surface area contributed by atoms with Crippen molar-refractivity contribution in [2.45, 2.75) is 45.0 Å². The van der Waals surface area contributed by atoms with Crippen LogP contribution in [0.1, 0.15) is 46.5 Å². The van der Waals surface area contributed by atoms with Crippen molar-refractivity contribution in [1.29, 1.82) is 0 Å². The number of ketones is 1. The van der Waals surface area contributed by atoms with Gasteiger partial charge in [0.15, 0.2) is 0 Å². The number of likely N-dealkylation sites (tertiary alicyclic amines) is 1. The van der Waals surface area contributed by atoms with Crippen molar-refractivity contribution >= 4 is 28.5 Å². The number of Topliss-reactive ketones (excluding diaryl/α,β-unsaturated/α-hetero) is 1. The SMILES string of the molecule is CC1CN(C(=O)c2c[nH]c3ccc(C(=O)C(=O)N4CCC(O)C4)cc23)C(C)CN1Cc1ccc(F)cc1. The highest BCUT2D eigenvalue weighted by atomic mass is 19.1. The number of rotatable bonds is 5. The number of H-pyrrole nitrogens is 1. The van der Waals surface area contributed by atoms with Crippen molar-refractivity contribution in [2.75, 3.05) is 26.2 Å². The lowest BCUT2D eigenvalue weighted by Gasteiger charge is -2.44. The Kier molecular flexibility index (Phi) is 6.83. The molecule has 0 spiro atoms. The number of aromatic nitrogens is 1. The zero-order valence-electron chi connectivity index (χ0n) is 21.0. The van der Waals surface area contributed by atoms with Crippen LogP contribution in [0.15, 0.2) is 48.7 Å². The molecule has 194 valence electrons. The van der Waals surface area contributed by atoms with Crippen LogP contribution >= 0.6 is 0 Å². The van der Waals surface area contributed by atoms with E-state index in [1.54, 1.807) is 36.5 Å². The van der Waals surface area contributed by atoms with Gasteiger partial charge in [-0.2, -0.15) is 0 Å². The highest BCUT2D eigenvalue weighted by Crippen LogP contribution is 2.26. The second kappa shape index (κ2) is 10.1. The summed E-state index contributed by atoms with van der Waals surface area (Å²) >= 11 is 0. The summed E-state index contributed by atoms with van der Waals surface area (Å²) in [5.74, 6) is -1.68. The summed E-state index contributed by atoms with van der Waals surface area (Å²) in [6.45, 7) is 6.47. The first-order valence-corrected chi connectivity index (χ1v) is 12.6. The number of nitrogens with one attached hydrogen (secondary N) is 1. The van der Waals surface area contributed by atoms with Crippen LogP contribution in [0, 0.1) is 5.82 Å². The van der Waals surface area contributed by atoms with E-state index in [1.807, 2.05) is 11.8 Å². The van der Waals surface area contributed by atoms with E-state index in [9.17, 15) is 23.9 Å². The summed E-state index contributed by atoms with van der Waals surface area (Å²) in [7, 11) is 0. The third-order valence-electron chi connectivity index (χ3n) is 7.49. The molecule has 3 unspecified atom stereocenters. The highest BCUT2D eigenvalue weighted by Gasteiger charge is 2.34. The number of halogens is 1. The number of amides is 2. The number of carbonyl (C=O) groups excluding carboxylic acids is 3. The second-order valence-electron chi connectivity index (χ2n) is 10.2. The van der Waals surface area contributed by atoms with Gasteiger partial charge in [-0.3, -0.25) is 19.3 Å². The normalized spacial score (nSPS) is 22.5. The van der Waals surface area contributed by atoms with Gasteiger partial charge in [0.1, 0.15) is 5.82 Å². The van der Waals surface area contributed by atoms with Crippen molar-refractivity contribution < 1.29 is 23.9 Å². The van der Waals surface area contributed by atoms with Crippen LogP contribution in [0.3, 0.4) is 0 Å². The number of aliphatic hydroxyl groups is 1. The Labute approximate surface area is 214 Å². The molecule has 2 fully saturated rings. The number of nitrogens with zero attached hydrogens (tertiary/aromatic N) is 3. The maximum absolute atomic E-state index is 13.7. The fourth-order valence-corrected chi connectivity index (χ4v) is 5.31. The summed E-state index contributed by atoms with van der Waals surface area (Å²) in [5, 5.41) is 10.3. The standard InChI is InChI=1S/C28H31FN4O4/c1-17-14-33(18(2)13-32(17)15-19-3-6-21(29)7-4-19)27(36)24-12-30-25-8-5-20(11-23(24)25)26(35)28(37)31-10-9-22(34)16-31/h3-8,11-12,17-18,22,30,34H,9-10,13-16H2,1-2H3. The lowest BCUT2D eigenvalue weighted by molar-refractivity contribution is -0.125. The first-order valence-electron chi connectivity index (χ1n) is 12.6. The fraction of sp³-hybridized carbons (Fsp3) is 0.393. The number of fused-ring (bicyclic) bond motifs is 1. The van der Waals surface area contributed by atoms with E-state index >= 15 is 0 Å². The topological polar surface area (TPSA) is 97.0 Å². The van der Waals surface area contributed by atoms with Crippen molar-refractivity contribution in [3.63, 3.8) is 0 Å². The monoisotopic (exact) mass is 506 g/mol. The van der Waals surface area contributed by atoms with Crippen LogP contribution in [0.5, 0.6) is 0 Å². The Morgan fingerprint density at radius 2 is 1.78 bits per heavy atom. The Bertz CT molecular complexity index is 1340. The Morgan fingerprint density at radius 1 is 1.03 bits per heavy atom. The molecule has 2 amide bonds. The average Bonchev–Trinajstić information content (AvgIpc) is 3.52. The minimum Gasteiger partial charge on any atom is -0.391 e. The van der Waals surface area contributed by atoms with Crippen molar-refractivity contribution in [1.82, 2.24) is 19.7 Å². The molecule has 0 bridgehead atoms. The van der Waals surface area contributed by atoms with E-state index in [0.717, 1.165) is 5.56 Å². The van der Waals surface area contributed by atoms with Crippen LogP contribution < -0.4 is 0 Å². The zero-order valence-corrected chi connectivity index (χ0v) is 21.0. The molecule has 9 heteroatoms. The molecular weight excluding hydrogens is 475 g/mol. The van der Waals surface area contributed by atoms with Crippen LogP contribution in [-0.4, -0.2) is 86.8 Å². The van der Waals surface area contributed by atoms with Gasteiger partial charge in [-0.15, -0.1) is 0 Å². The Balaban J connectivity index is 1.32. The predicted molar refractivity (Wildman–Crippen MR) is 137 cm³/mol. The van der Waals surface area contributed by atoms with Crippen LogP contribution in [0.25, 0.3) is 10.9 Å². The molecule has 3 atom stereocenters. The number of piperazine rings is 1. The molecule has 2 aliphatic rings. The molecule has 5 rings (SSSR count). The molecule has 1 aromatic heterocycles. The third kappa shape index (κ3) is 5.01. The van der Waals surface area contributed by atoms with Gasteiger partial charge < -0.3 is 19.9 Å². The van der Waals surface area contributed by atoms with Crippen molar-refractivity contribution in [3.8, 4) is 0 Å². The molecule has 2 aromatic carbocycles. The summed E-state index contributed by atoms with van der Waals surface area (Å²) in [6.07, 6.45) is 1.51. The molecule has 0 radical (unpaired) electrons. The first kappa shape index (κ1) is 25.1. The number of aromatic amines is 1. The van der Waals surface area contributed by atoms with E-state index in [0.29, 0.717) is 49.1 Å². The smallest absolute Gasteiger partial charge is 0.295 e. The quantitative estimate of drug-likeness (QED) is 0.410. The molecular formula is C28H31FN4O4. The van der Waals surface area contributed by atoms with Gasteiger partial charge in [0.25, 0.3) is 11.8 Å². The minimum atomic E-state index is -0.646. The minimum absolute atomic E-state index is 0.0536. The maximum atomic E-state index is 13.7. The van der Waals surface area contributed by atoms with Gasteiger partial charge in [-0.25, -0.2) is 4.39 Å². The number of hydrogen-bond acceptors (Lipinski definition) is 5. The molecule has 2 N–H and O–H groups in total. The predicted octanol–water partition coefficient (Wildman–Crippen LogP) is 2.82. The molecule has 0 aliphatic carbocycles. The van der Waals surface area contributed by atoms with Crippen molar-refractivity contribution in [2.24, 2.45) is 0 Å². The zero-order chi connectivity index (χ0) is 26.3. The highest BCUT2D eigenvalue weighted by molar-refractivity contribution is 6.43. The molecule has 2 aliphatic heterocycles. The van der Waals surface area contributed by atoms with Crippen LogP contribution in [0.4, 0.5) is 4.39 Å². The van der Waals surface area contributed by atoms with Gasteiger partial charge >= 0.3 is 0 Å². The fourth-order valence-electron chi connectivity index (χ4n) is 5.31. The second-order valence-corrected chi connectivity index (χ2v) is 10.2. The summed E-state index contributed by atoms with van der Waals surface area (Å²) in [4.78, 5) is 47.8. The van der Waals surface area contributed by atoms with E-state index in [4.69, 9.17) is 0 Å². The van der Waals surface area contributed by atoms with Gasteiger partial charge in [-0.05, 0) is 56.2 Å². The third-order valence-corrected chi connectivity index (χ3v) is 7.49. The maximum Gasteiger partial charge on any atom is 0.295 e. The van der Waals surface area contributed by atoms with Gasteiger partial charge in [-0.1, -0.05) is 12.1 Å². The number of benzene rings is 2. The molecule has 37 heavy (non-hydrogen) atoms. The van der Waals surface area contributed by atoms with Crippen LogP contribution in [0.2, 0.25) is 0 Å². The van der Waals surface area contributed by atoms with E-state index < -0.39 is 17.8 Å². The largest absolute Gasteiger partial charge is 0.391 e. The van der Waals surface area contributed by atoms with Gasteiger partial charge in [0.2, 0.25) is 5.78 Å². The number of aliphatic hydroxyl groups excluding tert-OH is 1. The first-order chi connectivity index (χ1) is 17.7. The summed E-state index contributed by atoms with van der Waals surface area (Å²) in [6, 6.07) is 11.4. The Morgan fingerprint density at radius 3 is 2.49 bits per heavy atom. The number of hydrogen-bond donors (Lipinski definition) is 2. The number of β-amino-alcohol motifs (C(OH)–C–C–N with tert-alkyl or cyclic N) is 1. The van der Waals surface area contributed by atoms with Crippen LogP contribution in [-0.2, 0) is 11.3 Å². The summed E-state index contributed by atoms with van der Waals surface area (Å²) < 4.78 is 13.3. The van der Waals surface area contributed by atoms with E-state index in [2.05, 4.69) is 16.8 Å². The molecule has 3 aromatic rings. The van der Waals surface area contributed by atoms with E-state index in [-0.39, 0.29) is 35.9 Å². The Hall–Kier alpha value is -3.56. The van der Waals surface area contributed by atoms with Gasteiger partial charge in [0.05, 0.1) is 11.7 Å². The lowest BCUT2D eigenvalue weighted by atomic mass is 10.0. The van der Waals surface area contributed by atoms with Crippen molar-refractivity contribution in [3.05, 3.63) is 71.2 Å². The summed E-state index contributed by atoms with van der Waals surface area (Å²) in [5.41, 5.74) is 2.41. The molecule has 2 saturated heterocycles. The molecule has 3 heterocycles. The average molecular weight is 507 g/mol. The number of carbonyl (C=O) groups is 3. The van der Waals surface area contributed by atoms with E-state index in [1.165, 1.54) is 17.0 Å². The molecule has 0 saturated carbocycles. The lowest BCUT2D eigenvalue weighted by Crippen LogP contribution is -2.57. The molecule has 8 nitrogen and oxygen atoms in total.